The smallest absolute Gasteiger partial charge is 0.338 e. The molecule has 0 atom stereocenters. The van der Waals surface area contributed by atoms with Gasteiger partial charge in [0.15, 0.2) is 0 Å². The molecule has 1 aromatic heterocycles. The average Bonchev–Trinajstić information content (AvgIpc) is 2.56. The van der Waals surface area contributed by atoms with Gasteiger partial charge in [-0.1, -0.05) is 28.1 Å². The van der Waals surface area contributed by atoms with Gasteiger partial charge in [-0.15, -0.1) is 0 Å². The van der Waals surface area contributed by atoms with Crippen molar-refractivity contribution in [3.05, 3.63) is 62.6 Å². The fourth-order valence-electron chi connectivity index (χ4n) is 2.63. The standard InChI is InChI=1S/C18H19BrN2O3/c1-13-10-16(12-18(22)24-13)20-17(21-6-8-23-9-7-21)11-14-2-4-15(19)5-3-14/h2-5,10,12H,6-9,11H2,1H3. The van der Waals surface area contributed by atoms with E-state index in [1.54, 1.807) is 13.0 Å². The maximum absolute atomic E-state index is 11.6. The summed E-state index contributed by atoms with van der Waals surface area (Å²) in [5.41, 5.74) is 1.42. The van der Waals surface area contributed by atoms with Crippen LogP contribution in [0.5, 0.6) is 0 Å². The first-order chi connectivity index (χ1) is 11.6. The van der Waals surface area contributed by atoms with E-state index in [1.165, 1.54) is 11.6 Å². The lowest BCUT2D eigenvalue weighted by molar-refractivity contribution is 0.0674. The number of rotatable bonds is 3. The Balaban J connectivity index is 1.92. The number of aliphatic imine (C=N–C) groups is 1. The van der Waals surface area contributed by atoms with Crippen LogP contribution in [0.1, 0.15) is 11.3 Å². The van der Waals surface area contributed by atoms with E-state index >= 15 is 0 Å². The monoisotopic (exact) mass is 390 g/mol. The molecule has 6 heteroatoms. The van der Waals surface area contributed by atoms with Crippen molar-refractivity contribution in [3.63, 3.8) is 0 Å². The van der Waals surface area contributed by atoms with Crippen LogP contribution in [0.2, 0.25) is 0 Å². The van der Waals surface area contributed by atoms with Crippen molar-refractivity contribution < 1.29 is 9.15 Å². The van der Waals surface area contributed by atoms with Gasteiger partial charge in [-0.05, 0) is 24.6 Å². The van der Waals surface area contributed by atoms with Crippen molar-refractivity contribution in [2.45, 2.75) is 13.3 Å². The summed E-state index contributed by atoms with van der Waals surface area (Å²) < 4.78 is 11.5. The topological polar surface area (TPSA) is 55.0 Å². The molecule has 0 amide bonds. The van der Waals surface area contributed by atoms with Crippen LogP contribution in [-0.4, -0.2) is 37.0 Å². The van der Waals surface area contributed by atoms with Crippen LogP contribution in [0.25, 0.3) is 0 Å². The van der Waals surface area contributed by atoms with Gasteiger partial charge >= 0.3 is 5.63 Å². The van der Waals surface area contributed by atoms with Gasteiger partial charge in [-0.3, -0.25) is 0 Å². The highest BCUT2D eigenvalue weighted by atomic mass is 79.9. The summed E-state index contributed by atoms with van der Waals surface area (Å²) in [6.07, 6.45) is 0.701. The lowest BCUT2D eigenvalue weighted by Crippen LogP contribution is -2.41. The first-order valence-corrected chi connectivity index (χ1v) is 8.66. The molecule has 1 aliphatic rings. The third-order valence-corrected chi connectivity index (χ3v) is 4.32. The molecule has 2 aromatic rings. The Labute approximate surface area is 149 Å². The van der Waals surface area contributed by atoms with E-state index in [1.807, 2.05) is 12.1 Å². The lowest BCUT2D eigenvalue weighted by Gasteiger charge is -2.30. The SMILES string of the molecule is Cc1cc(N=C(Cc2ccc(Br)cc2)N2CCOCC2)cc(=O)o1. The number of hydrogen-bond acceptors (Lipinski definition) is 4. The minimum absolute atomic E-state index is 0.376. The molecular formula is C18H19BrN2O3. The third kappa shape index (κ3) is 4.55. The number of nitrogens with zero attached hydrogens (tertiary/aromatic N) is 2. The van der Waals surface area contributed by atoms with Gasteiger partial charge in [0.1, 0.15) is 11.6 Å². The van der Waals surface area contributed by atoms with Crippen molar-refractivity contribution >= 4 is 27.5 Å². The van der Waals surface area contributed by atoms with Crippen molar-refractivity contribution in [2.75, 3.05) is 26.3 Å². The van der Waals surface area contributed by atoms with E-state index < -0.39 is 0 Å². The largest absolute Gasteiger partial charge is 0.428 e. The van der Waals surface area contributed by atoms with E-state index in [9.17, 15) is 4.79 Å². The first kappa shape index (κ1) is 16.9. The zero-order valence-corrected chi connectivity index (χ0v) is 15.1. The van der Waals surface area contributed by atoms with Gasteiger partial charge in [0, 0.05) is 36.1 Å². The summed E-state index contributed by atoms with van der Waals surface area (Å²) in [6, 6.07) is 11.4. The van der Waals surface area contributed by atoms with Gasteiger partial charge in [-0.2, -0.15) is 0 Å². The second kappa shape index (κ2) is 7.77. The van der Waals surface area contributed by atoms with Crippen LogP contribution < -0.4 is 5.63 Å². The van der Waals surface area contributed by atoms with Crippen LogP contribution in [0.15, 0.2) is 55.1 Å². The summed E-state index contributed by atoms with van der Waals surface area (Å²) in [5, 5.41) is 0. The highest BCUT2D eigenvalue weighted by molar-refractivity contribution is 9.10. The number of hydrogen-bond donors (Lipinski definition) is 0. The molecule has 1 fully saturated rings. The highest BCUT2D eigenvalue weighted by Crippen LogP contribution is 2.17. The Kier molecular flexibility index (Phi) is 5.48. The number of benzene rings is 1. The van der Waals surface area contributed by atoms with E-state index in [0.29, 0.717) is 31.1 Å². The fourth-order valence-corrected chi connectivity index (χ4v) is 2.89. The minimum atomic E-state index is -0.376. The quantitative estimate of drug-likeness (QED) is 0.595. The Hall–Kier alpha value is -1.92. The number of halogens is 1. The molecule has 0 bridgehead atoms. The van der Waals surface area contributed by atoms with Gasteiger partial charge in [0.25, 0.3) is 0 Å². The van der Waals surface area contributed by atoms with Crippen LogP contribution in [0.4, 0.5) is 5.69 Å². The van der Waals surface area contributed by atoms with E-state index in [4.69, 9.17) is 14.1 Å². The van der Waals surface area contributed by atoms with Gasteiger partial charge in [0.05, 0.1) is 18.9 Å². The zero-order valence-electron chi connectivity index (χ0n) is 13.5. The summed E-state index contributed by atoms with van der Waals surface area (Å²) in [6.45, 7) is 4.74. The number of aryl methyl sites for hydroxylation is 1. The lowest BCUT2D eigenvalue weighted by atomic mass is 10.1. The van der Waals surface area contributed by atoms with E-state index in [0.717, 1.165) is 23.4 Å². The Bertz CT molecular complexity index is 778. The van der Waals surface area contributed by atoms with E-state index in [-0.39, 0.29) is 5.63 Å². The van der Waals surface area contributed by atoms with Crippen molar-refractivity contribution in [1.82, 2.24) is 4.90 Å². The van der Waals surface area contributed by atoms with Crippen LogP contribution in [-0.2, 0) is 11.2 Å². The predicted octanol–water partition coefficient (Wildman–Crippen LogP) is 3.32. The van der Waals surface area contributed by atoms with Gasteiger partial charge in [0.2, 0.25) is 0 Å². The third-order valence-electron chi connectivity index (χ3n) is 3.79. The second-order valence-corrected chi connectivity index (χ2v) is 6.59. The molecule has 0 N–H and O–H groups in total. The number of morpholine rings is 1. The Morgan fingerprint density at radius 1 is 1.21 bits per heavy atom. The molecule has 0 radical (unpaired) electrons. The molecule has 126 valence electrons. The summed E-state index contributed by atoms with van der Waals surface area (Å²) in [5.74, 6) is 1.50. The molecule has 5 nitrogen and oxygen atoms in total. The Morgan fingerprint density at radius 3 is 2.58 bits per heavy atom. The van der Waals surface area contributed by atoms with Crippen molar-refractivity contribution in [2.24, 2.45) is 4.99 Å². The molecule has 2 heterocycles. The predicted molar refractivity (Wildman–Crippen MR) is 97.0 cm³/mol. The summed E-state index contributed by atoms with van der Waals surface area (Å²) >= 11 is 3.46. The van der Waals surface area contributed by atoms with Crippen LogP contribution in [0.3, 0.4) is 0 Å². The summed E-state index contributed by atoms with van der Waals surface area (Å²) in [7, 11) is 0. The van der Waals surface area contributed by atoms with Gasteiger partial charge in [-0.25, -0.2) is 9.79 Å². The molecule has 1 saturated heterocycles. The highest BCUT2D eigenvalue weighted by Gasteiger charge is 2.16. The molecule has 3 rings (SSSR count). The molecular weight excluding hydrogens is 372 g/mol. The maximum atomic E-state index is 11.6. The maximum Gasteiger partial charge on any atom is 0.338 e. The molecule has 0 unspecified atom stereocenters. The normalized spacial score (nSPS) is 15.6. The molecule has 0 saturated carbocycles. The molecule has 1 aliphatic heterocycles. The fraction of sp³-hybridized carbons (Fsp3) is 0.333. The zero-order chi connectivity index (χ0) is 16.9. The minimum Gasteiger partial charge on any atom is -0.428 e. The number of amidine groups is 1. The van der Waals surface area contributed by atoms with Crippen molar-refractivity contribution in [3.8, 4) is 0 Å². The second-order valence-electron chi connectivity index (χ2n) is 5.68. The van der Waals surface area contributed by atoms with Crippen molar-refractivity contribution in [1.29, 1.82) is 0 Å². The van der Waals surface area contributed by atoms with Crippen LogP contribution >= 0.6 is 15.9 Å². The number of ether oxygens (including phenoxy) is 1. The first-order valence-electron chi connectivity index (χ1n) is 7.87. The molecule has 24 heavy (non-hydrogen) atoms. The van der Waals surface area contributed by atoms with Gasteiger partial charge < -0.3 is 14.1 Å². The molecule has 1 aromatic carbocycles. The molecule has 0 spiro atoms. The summed E-state index contributed by atoms with van der Waals surface area (Å²) in [4.78, 5) is 18.5. The van der Waals surface area contributed by atoms with E-state index in [2.05, 4.69) is 33.0 Å². The van der Waals surface area contributed by atoms with Crippen LogP contribution in [0, 0.1) is 6.92 Å². The molecule has 0 aliphatic carbocycles. The average molecular weight is 391 g/mol. The Morgan fingerprint density at radius 2 is 1.92 bits per heavy atom.